The summed E-state index contributed by atoms with van der Waals surface area (Å²) in [7, 11) is 0. The van der Waals surface area contributed by atoms with E-state index in [9.17, 15) is 9.90 Å². The summed E-state index contributed by atoms with van der Waals surface area (Å²) in [6, 6.07) is 9.49. The molecule has 3 rings (SSSR count). The lowest BCUT2D eigenvalue weighted by Gasteiger charge is -2.31. The van der Waals surface area contributed by atoms with Crippen LogP contribution in [-0.4, -0.2) is 41.8 Å². The average molecular weight is 375 g/mol. The van der Waals surface area contributed by atoms with Gasteiger partial charge in [-0.3, -0.25) is 9.69 Å². The minimum atomic E-state index is -0.750. The van der Waals surface area contributed by atoms with Gasteiger partial charge in [-0.05, 0) is 55.8 Å². The molecule has 2 heterocycles. The molecule has 1 aliphatic heterocycles. The molecule has 2 atom stereocenters. The Labute approximate surface area is 158 Å². The van der Waals surface area contributed by atoms with E-state index < -0.39 is 12.0 Å². The van der Waals surface area contributed by atoms with E-state index in [-0.39, 0.29) is 6.04 Å². The van der Waals surface area contributed by atoms with Gasteiger partial charge in [0.15, 0.2) is 11.5 Å². The molecule has 0 radical (unpaired) electrons. The summed E-state index contributed by atoms with van der Waals surface area (Å²) in [4.78, 5) is 15.0. The molecule has 140 valence electrons. The van der Waals surface area contributed by atoms with Crippen molar-refractivity contribution in [3.8, 4) is 11.5 Å². The zero-order valence-electron chi connectivity index (χ0n) is 15.2. The van der Waals surface area contributed by atoms with Crippen LogP contribution in [0.4, 0.5) is 0 Å². The van der Waals surface area contributed by atoms with Crippen LogP contribution in [0.15, 0.2) is 35.7 Å². The minimum absolute atomic E-state index is 0.0894. The predicted octanol–water partition coefficient (Wildman–Crippen LogP) is 4.18. The Morgan fingerprint density at radius 2 is 2.04 bits per heavy atom. The second-order valence-corrected chi connectivity index (χ2v) is 7.20. The molecule has 1 aromatic heterocycles. The number of carboxylic acid groups (broad SMARTS) is 1. The largest absolute Gasteiger partial charge is 0.490 e. The molecule has 1 aliphatic rings. The number of rotatable bonds is 8. The maximum absolute atomic E-state index is 11.7. The molecule has 0 saturated carbocycles. The van der Waals surface area contributed by atoms with E-state index in [1.807, 2.05) is 43.5 Å². The molecule has 2 aromatic rings. The smallest absolute Gasteiger partial charge is 0.320 e. The van der Waals surface area contributed by atoms with Crippen LogP contribution in [0.5, 0.6) is 11.5 Å². The molecule has 0 aliphatic carbocycles. The molecule has 5 nitrogen and oxygen atoms in total. The van der Waals surface area contributed by atoms with Gasteiger partial charge in [-0.15, -0.1) is 11.3 Å². The lowest BCUT2D eigenvalue weighted by molar-refractivity contribution is -0.142. The third-order valence-electron chi connectivity index (χ3n) is 4.61. The standard InChI is InChI=1S/C20H25NO4S/c1-3-24-16-10-9-14(13-17(16)25-4-2)19(18-8-6-12-26-18)21-11-5-7-15(21)20(22)23/h6,8-10,12-13,15,19H,3-5,7,11H2,1-2H3,(H,22,23). The van der Waals surface area contributed by atoms with Crippen LogP contribution in [0.3, 0.4) is 0 Å². The summed E-state index contributed by atoms with van der Waals surface area (Å²) in [6.45, 7) is 5.78. The molecule has 2 unspecified atom stereocenters. The second-order valence-electron chi connectivity index (χ2n) is 6.22. The average Bonchev–Trinajstić information content (AvgIpc) is 3.30. The number of thiophene rings is 1. The van der Waals surface area contributed by atoms with Gasteiger partial charge >= 0.3 is 5.97 Å². The van der Waals surface area contributed by atoms with E-state index in [4.69, 9.17) is 9.47 Å². The fourth-order valence-corrected chi connectivity index (χ4v) is 4.44. The van der Waals surface area contributed by atoms with E-state index >= 15 is 0 Å². The van der Waals surface area contributed by atoms with Crippen molar-refractivity contribution in [2.24, 2.45) is 0 Å². The highest BCUT2D eigenvalue weighted by Crippen LogP contribution is 2.40. The summed E-state index contributed by atoms with van der Waals surface area (Å²) in [5.41, 5.74) is 1.03. The van der Waals surface area contributed by atoms with E-state index in [1.165, 1.54) is 0 Å². The molecule has 1 N–H and O–H groups in total. The molecular weight excluding hydrogens is 350 g/mol. The molecule has 26 heavy (non-hydrogen) atoms. The van der Waals surface area contributed by atoms with Gasteiger partial charge in [0.1, 0.15) is 6.04 Å². The van der Waals surface area contributed by atoms with Crippen molar-refractivity contribution in [1.82, 2.24) is 4.90 Å². The third kappa shape index (κ3) is 3.86. The van der Waals surface area contributed by atoms with E-state index in [2.05, 4.69) is 11.0 Å². The van der Waals surface area contributed by atoms with Crippen LogP contribution in [0, 0.1) is 0 Å². The first kappa shape index (κ1) is 18.7. The number of hydrogen-bond acceptors (Lipinski definition) is 5. The third-order valence-corrected chi connectivity index (χ3v) is 5.53. The first-order valence-corrected chi connectivity index (χ1v) is 9.95. The van der Waals surface area contributed by atoms with Gasteiger partial charge in [0, 0.05) is 11.4 Å². The first-order chi connectivity index (χ1) is 12.7. The fourth-order valence-electron chi connectivity index (χ4n) is 3.57. The molecule has 1 aromatic carbocycles. The Kier molecular flexibility index (Phi) is 6.16. The number of carboxylic acids is 1. The lowest BCUT2D eigenvalue weighted by atomic mass is 10.0. The summed E-state index contributed by atoms with van der Waals surface area (Å²) in [5.74, 6) is 0.679. The normalized spacial score (nSPS) is 18.6. The zero-order chi connectivity index (χ0) is 18.5. The number of aliphatic carboxylic acids is 1. The van der Waals surface area contributed by atoms with Gasteiger partial charge in [-0.25, -0.2) is 0 Å². The Morgan fingerprint density at radius 1 is 1.27 bits per heavy atom. The van der Waals surface area contributed by atoms with Gasteiger partial charge in [-0.1, -0.05) is 12.1 Å². The van der Waals surface area contributed by atoms with Crippen LogP contribution in [0.25, 0.3) is 0 Å². The van der Waals surface area contributed by atoms with Crippen molar-refractivity contribution >= 4 is 17.3 Å². The molecule has 0 bridgehead atoms. The highest BCUT2D eigenvalue weighted by atomic mass is 32.1. The summed E-state index contributed by atoms with van der Waals surface area (Å²) >= 11 is 1.65. The lowest BCUT2D eigenvalue weighted by Crippen LogP contribution is -2.39. The summed E-state index contributed by atoms with van der Waals surface area (Å²) in [6.07, 6.45) is 1.58. The molecule has 1 saturated heterocycles. The van der Waals surface area contributed by atoms with Crippen LogP contribution in [-0.2, 0) is 4.79 Å². The second kappa shape index (κ2) is 8.56. The van der Waals surface area contributed by atoms with E-state index in [1.54, 1.807) is 11.3 Å². The minimum Gasteiger partial charge on any atom is -0.490 e. The van der Waals surface area contributed by atoms with Gasteiger partial charge in [0.25, 0.3) is 0 Å². The van der Waals surface area contributed by atoms with Gasteiger partial charge in [-0.2, -0.15) is 0 Å². The van der Waals surface area contributed by atoms with Crippen molar-refractivity contribution in [3.63, 3.8) is 0 Å². The maximum Gasteiger partial charge on any atom is 0.320 e. The highest BCUT2D eigenvalue weighted by molar-refractivity contribution is 7.10. The van der Waals surface area contributed by atoms with Crippen LogP contribution < -0.4 is 9.47 Å². The topological polar surface area (TPSA) is 59.0 Å². The number of ether oxygens (including phenoxy) is 2. The Balaban J connectivity index is 2.02. The predicted molar refractivity (Wildman–Crippen MR) is 102 cm³/mol. The fraction of sp³-hybridized carbons (Fsp3) is 0.450. The zero-order valence-corrected chi connectivity index (χ0v) is 16.0. The van der Waals surface area contributed by atoms with Crippen LogP contribution in [0.2, 0.25) is 0 Å². The van der Waals surface area contributed by atoms with Crippen molar-refractivity contribution < 1.29 is 19.4 Å². The first-order valence-electron chi connectivity index (χ1n) is 9.07. The molecule has 0 spiro atoms. The van der Waals surface area contributed by atoms with Crippen LogP contribution in [0.1, 0.15) is 43.2 Å². The molecular formula is C20H25NO4S. The SMILES string of the molecule is CCOc1ccc(C(c2cccs2)N2CCCC2C(=O)O)cc1OCC. The number of hydrogen-bond donors (Lipinski definition) is 1. The molecule has 6 heteroatoms. The van der Waals surface area contributed by atoms with Crippen molar-refractivity contribution in [1.29, 1.82) is 0 Å². The van der Waals surface area contributed by atoms with Gasteiger partial charge in [0.05, 0.1) is 19.3 Å². The molecule has 0 amide bonds. The Morgan fingerprint density at radius 3 is 2.69 bits per heavy atom. The number of nitrogens with zero attached hydrogens (tertiary/aromatic N) is 1. The Hall–Kier alpha value is -2.05. The van der Waals surface area contributed by atoms with Crippen molar-refractivity contribution in [3.05, 3.63) is 46.2 Å². The molecule has 1 fully saturated rings. The van der Waals surface area contributed by atoms with E-state index in [0.717, 1.165) is 29.2 Å². The van der Waals surface area contributed by atoms with Crippen molar-refractivity contribution in [2.45, 2.75) is 38.8 Å². The number of carbonyl (C=O) groups is 1. The number of likely N-dealkylation sites (tertiary alicyclic amines) is 1. The van der Waals surface area contributed by atoms with Crippen molar-refractivity contribution in [2.75, 3.05) is 19.8 Å². The van der Waals surface area contributed by atoms with Crippen LogP contribution >= 0.6 is 11.3 Å². The number of benzene rings is 1. The quantitative estimate of drug-likeness (QED) is 0.750. The van der Waals surface area contributed by atoms with Gasteiger partial charge < -0.3 is 14.6 Å². The monoisotopic (exact) mass is 375 g/mol. The highest BCUT2D eigenvalue weighted by Gasteiger charge is 2.37. The van der Waals surface area contributed by atoms with Gasteiger partial charge in [0.2, 0.25) is 0 Å². The summed E-state index contributed by atoms with van der Waals surface area (Å²) in [5, 5.41) is 11.7. The van der Waals surface area contributed by atoms with E-state index in [0.29, 0.717) is 25.4 Å². The maximum atomic E-state index is 11.7. The Bertz CT molecular complexity index is 731. The summed E-state index contributed by atoms with van der Waals surface area (Å²) < 4.78 is 11.4.